The molecular weight excluding hydrogens is 365 g/mol. The molecule has 0 saturated carbocycles. The van der Waals surface area contributed by atoms with Gasteiger partial charge < -0.3 is 5.32 Å². The zero-order chi connectivity index (χ0) is 17.4. The number of carbonyl (C=O) groups excluding carboxylic acids is 1. The molecule has 1 N–H and O–H groups in total. The van der Waals surface area contributed by atoms with Crippen LogP contribution in [0.2, 0.25) is 0 Å². The number of aromatic nitrogens is 2. The molecule has 0 radical (unpaired) electrons. The number of benzene rings is 1. The third-order valence-corrected chi connectivity index (χ3v) is 6.55. The van der Waals surface area contributed by atoms with Gasteiger partial charge in [0.1, 0.15) is 5.82 Å². The molecular formula is C16H20FN3OS3. The second-order valence-electron chi connectivity index (χ2n) is 5.52. The summed E-state index contributed by atoms with van der Waals surface area (Å²) >= 11 is 4.58. The van der Waals surface area contributed by atoms with E-state index in [2.05, 4.69) is 29.4 Å². The van der Waals surface area contributed by atoms with Crippen LogP contribution in [0.15, 0.2) is 32.9 Å². The number of carbonyl (C=O) groups is 1. The van der Waals surface area contributed by atoms with Crippen LogP contribution in [0.4, 0.5) is 4.39 Å². The van der Waals surface area contributed by atoms with E-state index in [1.54, 1.807) is 30.0 Å². The minimum absolute atomic E-state index is 0.0806. The van der Waals surface area contributed by atoms with E-state index < -0.39 is 0 Å². The molecule has 130 valence electrons. The van der Waals surface area contributed by atoms with E-state index in [0.29, 0.717) is 30.2 Å². The van der Waals surface area contributed by atoms with E-state index in [-0.39, 0.29) is 11.7 Å². The van der Waals surface area contributed by atoms with E-state index in [9.17, 15) is 9.18 Å². The molecule has 8 heteroatoms. The van der Waals surface area contributed by atoms with Crippen LogP contribution in [0.3, 0.4) is 0 Å². The SMILES string of the molecule is CC(C)CSc1nnc(SCC(=O)NCCc2ccccc2F)s1. The van der Waals surface area contributed by atoms with Gasteiger partial charge in [0.2, 0.25) is 5.91 Å². The van der Waals surface area contributed by atoms with Crippen molar-refractivity contribution in [1.29, 1.82) is 0 Å². The van der Waals surface area contributed by atoms with Gasteiger partial charge in [-0.25, -0.2) is 4.39 Å². The minimum atomic E-state index is -0.235. The Morgan fingerprint density at radius 2 is 1.96 bits per heavy atom. The van der Waals surface area contributed by atoms with Crippen LogP contribution in [0.5, 0.6) is 0 Å². The summed E-state index contributed by atoms with van der Waals surface area (Å²) in [5, 5.41) is 11.0. The summed E-state index contributed by atoms with van der Waals surface area (Å²) < 4.78 is 15.2. The Kier molecular flexibility index (Phi) is 8.01. The van der Waals surface area contributed by atoms with Crippen LogP contribution in [0.25, 0.3) is 0 Å². The van der Waals surface area contributed by atoms with E-state index in [4.69, 9.17) is 0 Å². The number of amides is 1. The largest absolute Gasteiger partial charge is 0.355 e. The topological polar surface area (TPSA) is 54.9 Å². The highest BCUT2D eigenvalue weighted by Crippen LogP contribution is 2.29. The fourth-order valence-electron chi connectivity index (χ4n) is 1.77. The number of thioether (sulfide) groups is 2. The second-order valence-corrected chi connectivity index (χ2v) is 8.99. The molecule has 1 heterocycles. The Morgan fingerprint density at radius 1 is 1.25 bits per heavy atom. The Morgan fingerprint density at radius 3 is 2.67 bits per heavy atom. The minimum Gasteiger partial charge on any atom is -0.355 e. The zero-order valence-electron chi connectivity index (χ0n) is 13.6. The molecule has 2 rings (SSSR count). The third-order valence-electron chi connectivity index (χ3n) is 2.93. The summed E-state index contributed by atoms with van der Waals surface area (Å²) in [4.78, 5) is 11.8. The molecule has 2 aromatic rings. The van der Waals surface area contributed by atoms with Gasteiger partial charge in [-0.1, -0.05) is 66.9 Å². The van der Waals surface area contributed by atoms with Gasteiger partial charge in [-0.15, -0.1) is 10.2 Å². The first-order chi connectivity index (χ1) is 11.5. The van der Waals surface area contributed by atoms with Crippen LogP contribution in [0.1, 0.15) is 19.4 Å². The number of halogens is 1. The summed E-state index contributed by atoms with van der Waals surface area (Å²) in [5.41, 5.74) is 0.612. The van der Waals surface area contributed by atoms with Crippen molar-refractivity contribution in [2.75, 3.05) is 18.1 Å². The highest BCUT2D eigenvalue weighted by Gasteiger charge is 2.09. The molecule has 0 bridgehead atoms. The summed E-state index contributed by atoms with van der Waals surface area (Å²) in [6.45, 7) is 4.75. The average molecular weight is 386 g/mol. The first kappa shape index (κ1) is 19.2. The molecule has 0 fully saturated rings. The Bertz CT molecular complexity index is 664. The maximum atomic E-state index is 13.5. The molecule has 0 unspecified atom stereocenters. The molecule has 4 nitrogen and oxygen atoms in total. The maximum absolute atomic E-state index is 13.5. The van der Waals surface area contributed by atoms with E-state index >= 15 is 0 Å². The summed E-state index contributed by atoms with van der Waals surface area (Å²) in [6.07, 6.45) is 0.484. The molecule has 1 aromatic heterocycles. The van der Waals surface area contributed by atoms with Gasteiger partial charge in [0.05, 0.1) is 5.75 Å². The summed E-state index contributed by atoms with van der Waals surface area (Å²) in [5.74, 6) is 1.59. The smallest absolute Gasteiger partial charge is 0.230 e. The fourth-order valence-corrected chi connectivity index (χ4v) is 4.59. The quantitative estimate of drug-likeness (QED) is 0.664. The van der Waals surface area contributed by atoms with E-state index in [1.807, 2.05) is 0 Å². The molecule has 0 atom stereocenters. The first-order valence-electron chi connectivity index (χ1n) is 7.64. The van der Waals surface area contributed by atoms with Crippen molar-refractivity contribution in [2.24, 2.45) is 5.92 Å². The Hall–Kier alpha value is -1.12. The zero-order valence-corrected chi connectivity index (χ0v) is 16.1. The molecule has 0 saturated heterocycles. The average Bonchev–Trinajstić information content (AvgIpc) is 3.01. The molecule has 1 amide bonds. The lowest BCUT2D eigenvalue weighted by atomic mass is 10.1. The molecule has 0 spiro atoms. The van der Waals surface area contributed by atoms with Crippen molar-refractivity contribution in [3.63, 3.8) is 0 Å². The van der Waals surface area contributed by atoms with Crippen molar-refractivity contribution in [3.05, 3.63) is 35.6 Å². The van der Waals surface area contributed by atoms with Crippen molar-refractivity contribution < 1.29 is 9.18 Å². The summed E-state index contributed by atoms with van der Waals surface area (Å²) in [7, 11) is 0. The highest BCUT2D eigenvalue weighted by molar-refractivity contribution is 8.03. The number of nitrogens with zero attached hydrogens (tertiary/aromatic N) is 2. The predicted octanol–water partition coefficient (Wildman–Crippen LogP) is 3.88. The number of hydrogen-bond donors (Lipinski definition) is 1. The van der Waals surface area contributed by atoms with Crippen molar-refractivity contribution in [2.45, 2.75) is 28.9 Å². The Labute approximate surface area is 154 Å². The lowest BCUT2D eigenvalue weighted by molar-refractivity contribution is -0.118. The standard InChI is InChI=1S/C16H20FN3OS3/c1-11(2)9-22-15-19-20-16(24-15)23-10-14(21)18-8-7-12-5-3-4-6-13(12)17/h3-6,11H,7-10H2,1-2H3,(H,18,21). The Balaban J connectivity index is 1.67. The van der Waals surface area contributed by atoms with Crippen LogP contribution in [-0.2, 0) is 11.2 Å². The van der Waals surface area contributed by atoms with Crippen LogP contribution < -0.4 is 5.32 Å². The number of hydrogen-bond acceptors (Lipinski definition) is 6. The molecule has 0 aliphatic rings. The molecule has 24 heavy (non-hydrogen) atoms. The second kappa shape index (κ2) is 10.0. The first-order valence-corrected chi connectivity index (χ1v) is 10.4. The third kappa shape index (κ3) is 6.78. The lowest BCUT2D eigenvalue weighted by Crippen LogP contribution is -2.27. The fraction of sp³-hybridized carbons (Fsp3) is 0.438. The molecule has 0 aliphatic carbocycles. The van der Waals surface area contributed by atoms with E-state index in [1.165, 1.54) is 29.2 Å². The van der Waals surface area contributed by atoms with Crippen LogP contribution in [0, 0.1) is 11.7 Å². The van der Waals surface area contributed by atoms with Gasteiger partial charge in [0, 0.05) is 12.3 Å². The highest BCUT2D eigenvalue weighted by atomic mass is 32.2. The van der Waals surface area contributed by atoms with E-state index in [0.717, 1.165) is 14.4 Å². The monoisotopic (exact) mass is 385 g/mol. The molecule has 1 aromatic carbocycles. The lowest BCUT2D eigenvalue weighted by Gasteiger charge is -2.05. The van der Waals surface area contributed by atoms with Gasteiger partial charge in [0.25, 0.3) is 0 Å². The van der Waals surface area contributed by atoms with Gasteiger partial charge >= 0.3 is 0 Å². The van der Waals surface area contributed by atoms with Gasteiger partial charge in [-0.3, -0.25) is 4.79 Å². The number of rotatable bonds is 9. The van der Waals surface area contributed by atoms with Gasteiger partial charge in [-0.2, -0.15) is 0 Å². The van der Waals surface area contributed by atoms with Crippen molar-refractivity contribution in [1.82, 2.24) is 15.5 Å². The van der Waals surface area contributed by atoms with Crippen LogP contribution in [-0.4, -0.2) is 34.2 Å². The number of nitrogens with one attached hydrogen (secondary N) is 1. The van der Waals surface area contributed by atoms with Gasteiger partial charge in [0.15, 0.2) is 8.68 Å². The van der Waals surface area contributed by atoms with Gasteiger partial charge in [-0.05, 0) is 24.0 Å². The molecule has 0 aliphatic heterocycles. The van der Waals surface area contributed by atoms with Crippen molar-refractivity contribution >= 4 is 40.8 Å². The predicted molar refractivity (Wildman–Crippen MR) is 99.3 cm³/mol. The summed E-state index contributed by atoms with van der Waals surface area (Å²) in [6, 6.07) is 6.61. The normalized spacial score (nSPS) is 11.0. The maximum Gasteiger partial charge on any atom is 0.230 e. The van der Waals surface area contributed by atoms with Crippen molar-refractivity contribution in [3.8, 4) is 0 Å². The van der Waals surface area contributed by atoms with Crippen LogP contribution >= 0.6 is 34.9 Å².